The zero-order valence-electron chi connectivity index (χ0n) is 12.4. The van der Waals surface area contributed by atoms with E-state index in [9.17, 15) is 13.2 Å². The van der Waals surface area contributed by atoms with Crippen molar-refractivity contribution in [2.24, 2.45) is 0 Å². The molecule has 1 saturated carbocycles. The van der Waals surface area contributed by atoms with Crippen molar-refractivity contribution in [2.45, 2.75) is 50.5 Å². The van der Waals surface area contributed by atoms with Crippen LogP contribution in [0, 0.1) is 6.92 Å². The van der Waals surface area contributed by atoms with E-state index in [1.54, 1.807) is 13.0 Å². The molecule has 116 valence electrons. The van der Waals surface area contributed by atoms with Crippen LogP contribution in [0.25, 0.3) is 0 Å². The lowest BCUT2D eigenvalue weighted by atomic mass is 10.1. The average molecular weight is 311 g/mol. The first-order valence-corrected chi connectivity index (χ1v) is 8.67. The third-order valence-electron chi connectivity index (χ3n) is 4.09. The van der Waals surface area contributed by atoms with E-state index in [0.29, 0.717) is 12.1 Å². The maximum atomic E-state index is 12.8. The standard InChI is InChI=1S/C15H21NO4S/c1-3-16(12-6-4-5-7-12)21(19,20)13-9-8-11(2)14(10-13)15(17)18/h8-10,12H,3-7H2,1-2H3,(H,17,18). The molecule has 2 rings (SSSR count). The maximum absolute atomic E-state index is 12.8. The molecule has 0 atom stereocenters. The lowest BCUT2D eigenvalue weighted by Crippen LogP contribution is -2.38. The molecule has 0 spiro atoms. The fourth-order valence-electron chi connectivity index (χ4n) is 2.94. The van der Waals surface area contributed by atoms with Crippen molar-refractivity contribution in [1.82, 2.24) is 4.31 Å². The summed E-state index contributed by atoms with van der Waals surface area (Å²) >= 11 is 0. The molecule has 0 amide bonds. The van der Waals surface area contributed by atoms with Gasteiger partial charge in [0.15, 0.2) is 0 Å². The highest BCUT2D eigenvalue weighted by atomic mass is 32.2. The second kappa shape index (κ2) is 6.15. The molecule has 21 heavy (non-hydrogen) atoms. The summed E-state index contributed by atoms with van der Waals surface area (Å²) in [6.45, 7) is 3.89. The van der Waals surface area contributed by atoms with Gasteiger partial charge in [0.2, 0.25) is 10.0 Å². The SMILES string of the molecule is CCN(C1CCCC1)S(=O)(=O)c1ccc(C)c(C(=O)O)c1. The second-order valence-corrected chi connectivity index (χ2v) is 7.32. The molecule has 0 saturated heterocycles. The van der Waals surface area contributed by atoms with Gasteiger partial charge in [0.25, 0.3) is 0 Å². The Hall–Kier alpha value is -1.40. The van der Waals surface area contributed by atoms with Gasteiger partial charge in [0.1, 0.15) is 0 Å². The van der Waals surface area contributed by atoms with E-state index >= 15 is 0 Å². The topological polar surface area (TPSA) is 74.7 Å². The predicted octanol–water partition coefficient (Wildman–Crippen LogP) is 2.65. The molecule has 0 bridgehead atoms. The Morgan fingerprint density at radius 3 is 2.48 bits per heavy atom. The van der Waals surface area contributed by atoms with Crippen molar-refractivity contribution in [2.75, 3.05) is 6.54 Å². The summed E-state index contributed by atoms with van der Waals surface area (Å²) in [4.78, 5) is 11.3. The Bertz CT molecular complexity index is 633. The molecule has 0 aromatic heterocycles. The van der Waals surface area contributed by atoms with Gasteiger partial charge in [0, 0.05) is 12.6 Å². The van der Waals surface area contributed by atoms with Crippen LogP contribution in [-0.2, 0) is 10.0 Å². The number of benzene rings is 1. The minimum Gasteiger partial charge on any atom is -0.478 e. The highest BCUT2D eigenvalue weighted by Crippen LogP contribution is 2.29. The van der Waals surface area contributed by atoms with E-state index in [-0.39, 0.29) is 16.5 Å². The normalized spacial score (nSPS) is 16.5. The van der Waals surface area contributed by atoms with Crippen LogP contribution in [0.2, 0.25) is 0 Å². The first-order valence-electron chi connectivity index (χ1n) is 7.23. The van der Waals surface area contributed by atoms with E-state index in [1.807, 2.05) is 6.92 Å². The van der Waals surface area contributed by atoms with Gasteiger partial charge in [-0.25, -0.2) is 13.2 Å². The van der Waals surface area contributed by atoms with Gasteiger partial charge in [-0.3, -0.25) is 0 Å². The number of aryl methyl sites for hydroxylation is 1. The number of hydrogen-bond acceptors (Lipinski definition) is 3. The van der Waals surface area contributed by atoms with E-state index in [4.69, 9.17) is 5.11 Å². The molecular weight excluding hydrogens is 290 g/mol. The Labute approximate surface area is 125 Å². The molecule has 0 aliphatic heterocycles. The van der Waals surface area contributed by atoms with Gasteiger partial charge in [0.05, 0.1) is 10.5 Å². The summed E-state index contributed by atoms with van der Waals surface area (Å²) in [5, 5.41) is 9.15. The Balaban J connectivity index is 2.42. The third-order valence-corrected chi connectivity index (χ3v) is 6.11. The van der Waals surface area contributed by atoms with Crippen molar-refractivity contribution in [3.63, 3.8) is 0 Å². The van der Waals surface area contributed by atoms with Crippen LogP contribution in [0.3, 0.4) is 0 Å². The molecule has 6 heteroatoms. The molecule has 1 aliphatic rings. The van der Waals surface area contributed by atoms with Crippen LogP contribution in [-0.4, -0.2) is 36.4 Å². The largest absolute Gasteiger partial charge is 0.478 e. The number of nitrogens with zero attached hydrogens (tertiary/aromatic N) is 1. The number of carboxylic acid groups (broad SMARTS) is 1. The van der Waals surface area contributed by atoms with Gasteiger partial charge in [-0.05, 0) is 37.5 Å². The average Bonchev–Trinajstić information content (AvgIpc) is 2.93. The van der Waals surface area contributed by atoms with Gasteiger partial charge < -0.3 is 5.11 Å². The van der Waals surface area contributed by atoms with Crippen LogP contribution in [0.5, 0.6) is 0 Å². The zero-order valence-corrected chi connectivity index (χ0v) is 13.2. The van der Waals surface area contributed by atoms with Crippen LogP contribution in [0.15, 0.2) is 23.1 Å². The minimum absolute atomic E-state index is 0.0366. The molecule has 0 unspecified atom stereocenters. The summed E-state index contributed by atoms with van der Waals surface area (Å²) in [6.07, 6.45) is 3.85. The Kier molecular flexibility index (Phi) is 4.68. The van der Waals surface area contributed by atoms with Crippen LogP contribution < -0.4 is 0 Å². The van der Waals surface area contributed by atoms with E-state index < -0.39 is 16.0 Å². The maximum Gasteiger partial charge on any atom is 0.335 e. The third kappa shape index (κ3) is 3.11. The van der Waals surface area contributed by atoms with Crippen molar-refractivity contribution in [3.8, 4) is 0 Å². The van der Waals surface area contributed by atoms with Crippen molar-refractivity contribution >= 4 is 16.0 Å². The second-order valence-electron chi connectivity index (χ2n) is 5.43. The highest BCUT2D eigenvalue weighted by molar-refractivity contribution is 7.89. The molecule has 1 N–H and O–H groups in total. The smallest absolute Gasteiger partial charge is 0.335 e. The van der Waals surface area contributed by atoms with Gasteiger partial charge in [-0.15, -0.1) is 0 Å². The molecule has 0 radical (unpaired) electrons. The van der Waals surface area contributed by atoms with Gasteiger partial charge >= 0.3 is 5.97 Å². The van der Waals surface area contributed by atoms with Crippen LogP contribution in [0.4, 0.5) is 0 Å². The fraction of sp³-hybridized carbons (Fsp3) is 0.533. The summed E-state index contributed by atoms with van der Waals surface area (Å²) in [5.74, 6) is -1.10. The zero-order chi connectivity index (χ0) is 15.6. The van der Waals surface area contributed by atoms with E-state index in [1.165, 1.54) is 16.4 Å². The van der Waals surface area contributed by atoms with E-state index in [2.05, 4.69) is 0 Å². The molecule has 1 fully saturated rings. The lowest BCUT2D eigenvalue weighted by molar-refractivity contribution is 0.0696. The molecule has 1 aromatic carbocycles. The van der Waals surface area contributed by atoms with Crippen LogP contribution in [0.1, 0.15) is 48.5 Å². The summed E-state index contributed by atoms with van der Waals surface area (Å²) in [6, 6.07) is 4.35. The lowest BCUT2D eigenvalue weighted by Gasteiger charge is -2.27. The molecule has 0 heterocycles. The number of carboxylic acids is 1. The number of rotatable bonds is 5. The summed E-state index contributed by atoms with van der Waals surface area (Å²) < 4.78 is 27.0. The van der Waals surface area contributed by atoms with E-state index in [0.717, 1.165) is 25.7 Å². The predicted molar refractivity (Wildman–Crippen MR) is 80.0 cm³/mol. The number of hydrogen-bond donors (Lipinski definition) is 1. The summed E-state index contributed by atoms with van der Waals surface area (Å²) in [5.41, 5.74) is 0.601. The van der Waals surface area contributed by atoms with Gasteiger partial charge in [-0.2, -0.15) is 4.31 Å². The number of carbonyl (C=O) groups is 1. The fourth-order valence-corrected chi connectivity index (χ4v) is 4.66. The van der Waals surface area contributed by atoms with Crippen molar-refractivity contribution < 1.29 is 18.3 Å². The minimum atomic E-state index is -3.64. The molecule has 5 nitrogen and oxygen atoms in total. The van der Waals surface area contributed by atoms with Crippen molar-refractivity contribution in [1.29, 1.82) is 0 Å². The number of sulfonamides is 1. The summed E-state index contributed by atoms with van der Waals surface area (Å²) in [7, 11) is -3.64. The first kappa shape index (κ1) is 16.0. The molecular formula is C15H21NO4S. The van der Waals surface area contributed by atoms with Crippen molar-refractivity contribution in [3.05, 3.63) is 29.3 Å². The molecule has 1 aliphatic carbocycles. The first-order chi connectivity index (χ1) is 9.87. The Morgan fingerprint density at radius 1 is 1.33 bits per heavy atom. The quantitative estimate of drug-likeness (QED) is 0.907. The Morgan fingerprint density at radius 2 is 1.95 bits per heavy atom. The van der Waals surface area contributed by atoms with Crippen LogP contribution >= 0.6 is 0 Å². The number of aromatic carboxylic acids is 1. The molecule has 1 aromatic rings. The van der Waals surface area contributed by atoms with Gasteiger partial charge in [-0.1, -0.05) is 25.8 Å². The monoisotopic (exact) mass is 311 g/mol. The highest BCUT2D eigenvalue weighted by Gasteiger charge is 2.32.